The van der Waals surface area contributed by atoms with E-state index in [0.717, 1.165) is 12.8 Å². The molecule has 1 atom stereocenters. The van der Waals surface area contributed by atoms with Crippen molar-refractivity contribution in [3.05, 3.63) is 24.3 Å². The molecule has 0 saturated carbocycles. The maximum atomic E-state index is 11.9. The first-order valence-electron chi connectivity index (χ1n) is 8.77. The zero-order chi connectivity index (χ0) is 19.6. The third-order valence-electron chi connectivity index (χ3n) is 4.63. The van der Waals surface area contributed by atoms with Crippen LogP contribution in [0.15, 0.2) is 24.3 Å². The molecule has 1 rings (SSSR count). The minimum atomic E-state index is -0.367. The van der Waals surface area contributed by atoms with Crippen LogP contribution in [0, 0.1) is 0 Å². The van der Waals surface area contributed by atoms with E-state index in [-0.39, 0.29) is 35.2 Å². The van der Waals surface area contributed by atoms with Gasteiger partial charge in [-0.25, -0.2) is 9.59 Å². The molecule has 0 N–H and O–H groups in total. The number of rotatable bonds is 6. The second kappa shape index (κ2) is 7.73. The van der Waals surface area contributed by atoms with Gasteiger partial charge in [0.25, 0.3) is 0 Å². The van der Waals surface area contributed by atoms with Gasteiger partial charge in [-0.05, 0) is 48.5 Å². The summed E-state index contributed by atoms with van der Waals surface area (Å²) in [7, 11) is 0. The smallest absolute Gasteiger partial charge is 0.333 e. The average molecular weight is 351 g/mol. The van der Waals surface area contributed by atoms with Crippen LogP contribution < -0.4 is 0 Å². The zero-order valence-electron chi connectivity index (χ0n) is 16.8. The molecule has 1 saturated heterocycles. The van der Waals surface area contributed by atoms with Gasteiger partial charge in [0.15, 0.2) is 0 Å². The number of nitrogens with zero attached hydrogens (tertiary/aromatic N) is 1. The molecule has 0 radical (unpaired) electrons. The molecule has 0 spiro atoms. The van der Waals surface area contributed by atoms with Gasteiger partial charge in [-0.1, -0.05) is 13.2 Å². The van der Waals surface area contributed by atoms with Crippen molar-refractivity contribution in [2.24, 2.45) is 0 Å². The average Bonchev–Trinajstić information content (AvgIpc) is 2.41. The normalized spacial score (nSPS) is 21.2. The van der Waals surface area contributed by atoms with E-state index >= 15 is 0 Å². The van der Waals surface area contributed by atoms with Gasteiger partial charge < -0.3 is 9.47 Å². The molecule has 0 aliphatic carbocycles. The van der Waals surface area contributed by atoms with Crippen molar-refractivity contribution in [3.8, 4) is 0 Å². The number of piperidine rings is 1. The minimum absolute atomic E-state index is 0.154. The number of ether oxygens (including phenoxy) is 2. The Hall–Kier alpha value is -1.62. The summed E-state index contributed by atoms with van der Waals surface area (Å²) in [4.78, 5) is 26.0. The topological polar surface area (TPSA) is 55.8 Å². The third kappa shape index (κ3) is 5.70. The number of carbonyl (C=O) groups excluding carboxylic acids is 2. The van der Waals surface area contributed by atoms with Gasteiger partial charge in [0.1, 0.15) is 12.2 Å². The lowest BCUT2D eigenvalue weighted by Crippen LogP contribution is -2.63. The van der Waals surface area contributed by atoms with Crippen LogP contribution in [0.25, 0.3) is 0 Å². The SMILES string of the molecule is C=C(C)C(=O)OC(C)CN1C(C)(C)CC(OC(=O)C(=C)C)CC1(C)C. The van der Waals surface area contributed by atoms with E-state index < -0.39 is 0 Å². The van der Waals surface area contributed by atoms with Crippen LogP contribution in [-0.4, -0.2) is 46.7 Å². The van der Waals surface area contributed by atoms with Crippen molar-refractivity contribution in [2.45, 2.75) is 84.6 Å². The number of hydrogen-bond donors (Lipinski definition) is 0. The summed E-state index contributed by atoms with van der Waals surface area (Å²) in [6, 6.07) is 0. The van der Waals surface area contributed by atoms with E-state index in [4.69, 9.17) is 9.47 Å². The Labute approximate surface area is 152 Å². The van der Waals surface area contributed by atoms with Crippen LogP contribution in [0.3, 0.4) is 0 Å². The van der Waals surface area contributed by atoms with Crippen molar-refractivity contribution >= 4 is 11.9 Å². The highest BCUT2D eigenvalue weighted by molar-refractivity contribution is 5.87. The van der Waals surface area contributed by atoms with E-state index in [1.54, 1.807) is 13.8 Å². The van der Waals surface area contributed by atoms with Crippen molar-refractivity contribution in [3.63, 3.8) is 0 Å². The van der Waals surface area contributed by atoms with Gasteiger partial charge in [-0.15, -0.1) is 0 Å². The Morgan fingerprint density at radius 3 is 1.88 bits per heavy atom. The van der Waals surface area contributed by atoms with Crippen LogP contribution in [0.5, 0.6) is 0 Å². The van der Waals surface area contributed by atoms with Gasteiger partial charge in [0, 0.05) is 41.6 Å². The third-order valence-corrected chi connectivity index (χ3v) is 4.63. The fourth-order valence-corrected chi connectivity index (χ4v) is 3.63. The Morgan fingerprint density at radius 2 is 1.48 bits per heavy atom. The van der Waals surface area contributed by atoms with E-state index in [2.05, 4.69) is 45.8 Å². The second-order valence-electron chi connectivity index (χ2n) is 8.45. The maximum Gasteiger partial charge on any atom is 0.333 e. The summed E-state index contributed by atoms with van der Waals surface area (Å²) in [5.41, 5.74) is 0.409. The first-order chi connectivity index (χ1) is 11.3. The highest BCUT2D eigenvalue weighted by Crippen LogP contribution is 2.40. The van der Waals surface area contributed by atoms with E-state index in [0.29, 0.717) is 17.7 Å². The molecule has 0 amide bonds. The molecule has 1 aliphatic heterocycles. The summed E-state index contributed by atoms with van der Waals surface area (Å²) >= 11 is 0. The lowest BCUT2D eigenvalue weighted by Gasteiger charge is -2.55. The molecule has 0 aromatic rings. The minimum Gasteiger partial charge on any atom is -0.459 e. The molecule has 1 heterocycles. The van der Waals surface area contributed by atoms with Gasteiger partial charge in [0.05, 0.1) is 0 Å². The van der Waals surface area contributed by atoms with Crippen molar-refractivity contribution in [1.82, 2.24) is 4.90 Å². The summed E-state index contributed by atoms with van der Waals surface area (Å²) in [6.07, 6.45) is 1.03. The van der Waals surface area contributed by atoms with Crippen LogP contribution in [0.4, 0.5) is 0 Å². The number of likely N-dealkylation sites (tertiary alicyclic amines) is 1. The van der Waals surface area contributed by atoms with Crippen LogP contribution in [-0.2, 0) is 19.1 Å². The molecular weight excluding hydrogens is 318 g/mol. The molecular formula is C20H33NO4. The Bertz CT molecular complexity index is 544. The number of carbonyl (C=O) groups is 2. The Balaban J connectivity index is 2.85. The van der Waals surface area contributed by atoms with Gasteiger partial charge in [-0.2, -0.15) is 0 Å². The molecule has 25 heavy (non-hydrogen) atoms. The van der Waals surface area contributed by atoms with Crippen LogP contribution in [0.2, 0.25) is 0 Å². The standard InChI is InChI=1S/C20H33NO4/c1-13(2)17(22)24-15(5)12-21-19(6,7)10-16(11-20(21,8)9)25-18(23)14(3)4/h15-16H,1,3,10-12H2,2,4-9H3. The Kier molecular flexibility index (Phi) is 6.62. The maximum absolute atomic E-state index is 11.9. The van der Waals surface area contributed by atoms with Crippen LogP contribution >= 0.6 is 0 Å². The van der Waals surface area contributed by atoms with Crippen molar-refractivity contribution in [1.29, 1.82) is 0 Å². The molecule has 1 aliphatic rings. The van der Waals surface area contributed by atoms with Gasteiger partial charge in [-0.3, -0.25) is 4.90 Å². The summed E-state index contributed by atoms with van der Waals surface area (Å²) in [5.74, 6) is -0.706. The zero-order valence-corrected chi connectivity index (χ0v) is 16.8. The molecule has 0 bridgehead atoms. The van der Waals surface area contributed by atoms with Crippen molar-refractivity contribution < 1.29 is 19.1 Å². The predicted octanol–water partition coefficient (Wildman–Crippen LogP) is 3.64. The quantitative estimate of drug-likeness (QED) is 0.540. The molecule has 0 aromatic heterocycles. The number of hydrogen-bond acceptors (Lipinski definition) is 5. The molecule has 5 nitrogen and oxygen atoms in total. The summed E-state index contributed by atoms with van der Waals surface area (Å²) in [6.45, 7) is 21.6. The highest BCUT2D eigenvalue weighted by atomic mass is 16.5. The van der Waals surface area contributed by atoms with Gasteiger partial charge in [0.2, 0.25) is 0 Å². The molecule has 1 fully saturated rings. The first-order valence-corrected chi connectivity index (χ1v) is 8.77. The number of esters is 2. The van der Waals surface area contributed by atoms with Crippen LogP contribution in [0.1, 0.15) is 61.3 Å². The summed E-state index contributed by atoms with van der Waals surface area (Å²) in [5, 5.41) is 0. The van der Waals surface area contributed by atoms with E-state index in [9.17, 15) is 9.59 Å². The lowest BCUT2D eigenvalue weighted by atomic mass is 9.78. The van der Waals surface area contributed by atoms with E-state index in [1.165, 1.54) is 0 Å². The monoisotopic (exact) mass is 351 g/mol. The first kappa shape index (κ1) is 21.4. The fourth-order valence-electron chi connectivity index (χ4n) is 3.63. The molecule has 1 unspecified atom stereocenters. The molecule has 142 valence electrons. The summed E-state index contributed by atoms with van der Waals surface area (Å²) < 4.78 is 11.1. The fraction of sp³-hybridized carbons (Fsp3) is 0.700. The lowest BCUT2D eigenvalue weighted by molar-refractivity contribution is -0.161. The molecule has 0 aromatic carbocycles. The molecule has 5 heteroatoms. The van der Waals surface area contributed by atoms with E-state index in [1.807, 2.05) is 6.92 Å². The second-order valence-corrected chi connectivity index (χ2v) is 8.45. The van der Waals surface area contributed by atoms with Gasteiger partial charge >= 0.3 is 11.9 Å². The van der Waals surface area contributed by atoms with Crippen molar-refractivity contribution in [2.75, 3.05) is 6.54 Å². The highest BCUT2D eigenvalue weighted by Gasteiger charge is 2.47. The predicted molar refractivity (Wildman–Crippen MR) is 99.2 cm³/mol. The Morgan fingerprint density at radius 1 is 1.04 bits per heavy atom. The largest absolute Gasteiger partial charge is 0.459 e.